The molecule has 0 radical (unpaired) electrons. The molecule has 0 aliphatic rings. The zero-order valence-electron chi connectivity index (χ0n) is 20.6. The average Bonchev–Trinajstić information content (AvgIpc) is 2.85. The van der Waals surface area contributed by atoms with E-state index in [9.17, 15) is 8.78 Å². The Morgan fingerprint density at radius 3 is 1.91 bits per heavy atom. The van der Waals surface area contributed by atoms with Gasteiger partial charge in [-0.05, 0) is 24.8 Å². The summed E-state index contributed by atoms with van der Waals surface area (Å²) in [6, 6.07) is 8.36. The van der Waals surface area contributed by atoms with E-state index >= 15 is 0 Å². The van der Waals surface area contributed by atoms with Gasteiger partial charge in [0, 0.05) is 5.56 Å². The van der Waals surface area contributed by atoms with Gasteiger partial charge in [0.1, 0.15) is 12.8 Å². The van der Waals surface area contributed by atoms with E-state index in [2.05, 4.69) is 29.0 Å². The summed E-state index contributed by atoms with van der Waals surface area (Å²) < 4.78 is 32.9. The first-order chi connectivity index (χ1) is 16.1. The molecule has 0 N–H and O–H groups in total. The number of hydrogen-bond donors (Lipinski definition) is 0. The molecule has 2 atom stereocenters. The lowest BCUT2D eigenvalue weighted by atomic mass is 10.0. The predicted molar refractivity (Wildman–Crippen MR) is 133 cm³/mol. The first-order valence-electron chi connectivity index (χ1n) is 13.0. The van der Waals surface area contributed by atoms with Gasteiger partial charge in [0.05, 0.1) is 12.4 Å². The van der Waals surface area contributed by atoms with Gasteiger partial charge in [-0.15, -0.1) is 0 Å². The van der Waals surface area contributed by atoms with E-state index in [1.165, 1.54) is 75.7 Å². The van der Waals surface area contributed by atoms with E-state index in [1.807, 2.05) is 19.1 Å². The Bertz CT molecular complexity index is 737. The number of benzene rings is 1. The van der Waals surface area contributed by atoms with Crippen molar-refractivity contribution >= 4 is 0 Å². The van der Waals surface area contributed by atoms with Crippen LogP contribution < -0.4 is 4.74 Å². The fourth-order valence-corrected chi connectivity index (χ4v) is 3.86. The Labute approximate surface area is 199 Å². The third kappa shape index (κ3) is 11.1. The number of halogens is 2. The number of ether oxygens (including phenoxy) is 1. The summed E-state index contributed by atoms with van der Waals surface area (Å²) in [6.07, 6.45) is 14.8. The van der Waals surface area contributed by atoms with Gasteiger partial charge < -0.3 is 4.74 Å². The normalized spacial score (nSPS) is 13.1. The molecule has 184 valence electrons. The summed E-state index contributed by atoms with van der Waals surface area (Å²) in [5.74, 6) is 0.950. The molecule has 0 bridgehead atoms. The largest absolute Gasteiger partial charge is 0.487 e. The number of rotatable bonds is 18. The Kier molecular flexibility index (Phi) is 13.6. The van der Waals surface area contributed by atoms with Gasteiger partial charge in [-0.25, -0.2) is 18.7 Å². The molecule has 2 rings (SSSR count). The summed E-state index contributed by atoms with van der Waals surface area (Å²) in [5.41, 5.74) is 2.27. The van der Waals surface area contributed by atoms with Crippen LogP contribution in [0.5, 0.6) is 5.75 Å². The quantitative estimate of drug-likeness (QED) is 0.209. The van der Waals surface area contributed by atoms with Crippen LogP contribution in [0.2, 0.25) is 0 Å². The zero-order valence-corrected chi connectivity index (χ0v) is 20.6. The molecule has 2 aromatic rings. The summed E-state index contributed by atoms with van der Waals surface area (Å²) >= 11 is 0. The molecule has 0 saturated carbocycles. The highest BCUT2D eigenvalue weighted by Crippen LogP contribution is 2.20. The predicted octanol–water partition coefficient (Wildman–Crippen LogP) is 8.46. The van der Waals surface area contributed by atoms with Crippen LogP contribution in [0.3, 0.4) is 0 Å². The van der Waals surface area contributed by atoms with E-state index in [0.717, 1.165) is 18.4 Å². The summed E-state index contributed by atoms with van der Waals surface area (Å²) in [7, 11) is 0. The van der Waals surface area contributed by atoms with Gasteiger partial charge in [-0.3, -0.25) is 0 Å². The molecule has 1 aromatic carbocycles. The van der Waals surface area contributed by atoms with Crippen molar-refractivity contribution in [3.8, 4) is 17.1 Å². The lowest BCUT2D eigenvalue weighted by Gasteiger charge is -2.14. The molecule has 0 fully saturated rings. The van der Waals surface area contributed by atoms with Crippen LogP contribution in [-0.2, 0) is 6.42 Å². The number of aromatic nitrogens is 2. The van der Waals surface area contributed by atoms with Crippen molar-refractivity contribution < 1.29 is 13.5 Å². The Hall–Kier alpha value is -2.04. The van der Waals surface area contributed by atoms with Crippen LogP contribution in [0.1, 0.15) is 96.5 Å². The second-order valence-corrected chi connectivity index (χ2v) is 9.00. The first-order valence-corrected chi connectivity index (χ1v) is 13.0. The number of nitrogens with zero attached hydrogens (tertiary/aromatic N) is 2. The van der Waals surface area contributed by atoms with E-state index < -0.39 is 12.3 Å². The second-order valence-electron chi connectivity index (χ2n) is 9.00. The van der Waals surface area contributed by atoms with Crippen LogP contribution in [0.25, 0.3) is 11.4 Å². The second kappa shape index (κ2) is 16.6. The van der Waals surface area contributed by atoms with Crippen LogP contribution in [0.4, 0.5) is 8.78 Å². The van der Waals surface area contributed by atoms with Crippen LogP contribution in [0, 0.1) is 0 Å². The van der Waals surface area contributed by atoms with E-state index in [4.69, 9.17) is 4.74 Å². The van der Waals surface area contributed by atoms with Crippen LogP contribution in [0.15, 0.2) is 36.7 Å². The van der Waals surface area contributed by atoms with E-state index in [1.54, 1.807) is 0 Å². The Balaban J connectivity index is 1.68. The fraction of sp³-hybridized carbons (Fsp3) is 0.643. The van der Waals surface area contributed by atoms with Gasteiger partial charge in [0.25, 0.3) is 0 Å². The maximum atomic E-state index is 13.9. The summed E-state index contributed by atoms with van der Waals surface area (Å²) in [5, 5.41) is 0. The van der Waals surface area contributed by atoms with Crippen molar-refractivity contribution in [1.29, 1.82) is 0 Å². The van der Waals surface area contributed by atoms with Gasteiger partial charge >= 0.3 is 0 Å². The molecule has 0 saturated heterocycles. The van der Waals surface area contributed by atoms with E-state index in [0.29, 0.717) is 18.0 Å². The third-order valence-corrected chi connectivity index (χ3v) is 6.04. The Morgan fingerprint density at radius 2 is 1.30 bits per heavy atom. The summed E-state index contributed by atoms with van der Waals surface area (Å²) in [4.78, 5) is 8.64. The standard InChI is InChI=1S/C28H42F2N2O/c1-3-5-7-8-9-10-11-12-13-14-23-16-18-24(19-17-23)28-31-20-25(21-32-28)33-22-27(30)26(29)15-6-4-2/h16-21,26-27H,3-15,22H2,1-2H3. The van der Waals surface area contributed by atoms with Gasteiger partial charge in [-0.1, -0.05) is 102 Å². The summed E-state index contributed by atoms with van der Waals surface area (Å²) in [6.45, 7) is 3.90. The van der Waals surface area contributed by atoms with Crippen molar-refractivity contribution in [2.45, 2.75) is 110 Å². The van der Waals surface area contributed by atoms with Crippen molar-refractivity contribution in [2.24, 2.45) is 0 Å². The number of aryl methyl sites for hydroxylation is 1. The van der Waals surface area contributed by atoms with Crippen molar-refractivity contribution in [3.63, 3.8) is 0 Å². The minimum atomic E-state index is -1.63. The molecule has 0 amide bonds. The highest BCUT2D eigenvalue weighted by Gasteiger charge is 2.20. The monoisotopic (exact) mass is 460 g/mol. The molecule has 1 aromatic heterocycles. The molecule has 3 nitrogen and oxygen atoms in total. The van der Waals surface area contributed by atoms with Gasteiger partial charge in [0.15, 0.2) is 17.7 Å². The SMILES string of the molecule is CCCCCCCCCCCc1ccc(-c2ncc(OCC(F)C(F)CCCC)cn2)cc1. The molecule has 5 heteroatoms. The van der Waals surface area contributed by atoms with Crippen LogP contribution >= 0.6 is 0 Å². The molecule has 0 aliphatic heterocycles. The highest BCUT2D eigenvalue weighted by molar-refractivity contribution is 5.55. The molecule has 1 heterocycles. The molecule has 33 heavy (non-hydrogen) atoms. The molecule has 0 aliphatic carbocycles. The van der Waals surface area contributed by atoms with E-state index in [-0.39, 0.29) is 13.0 Å². The maximum absolute atomic E-state index is 13.9. The third-order valence-electron chi connectivity index (χ3n) is 6.04. The van der Waals surface area contributed by atoms with Gasteiger partial charge in [-0.2, -0.15) is 0 Å². The first kappa shape index (κ1) is 27.2. The maximum Gasteiger partial charge on any atom is 0.165 e. The number of unbranched alkanes of at least 4 members (excludes halogenated alkanes) is 9. The average molecular weight is 461 g/mol. The van der Waals surface area contributed by atoms with Crippen molar-refractivity contribution in [3.05, 3.63) is 42.2 Å². The van der Waals surface area contributed by atoms with Gasteiger partial charge in [0.2, 0.25) is 0 Å². The number of alkyl halides is 2. The van der Waals surface area contributed by atoms with Crippen molar-refractivity contribution in [1.82, 2.24) is 9.97 Å². The Morgan fingerprint density at radius 1 is 0.727 bits per heavy atom. The van der Waals surface area contributed by atoms with Crippen LogP contribution in [-0.4, -0.2) is 28.9 Å². The molecular weight excluding hydrogens is 418 g/mol. The van der Waals surface area contributed by atoms with Crippen molar-refractivity contribution in [2.75, 3.05) is 6.61 Å². The lowest BCUT2D eigenvalue weighted by molar-refractivity contribution is 0.102. The minimum absolute atomic E-state index is 0.228. The molecule has 0 spiro atoms. The fourth-order valence-electron chi connectivity index (χ4n) is 3.86. The lowest BCUT2D eigenvalue weighted by Crippen LogP contribution is -2.24. The molecule has 2 unspecified atom stereocenters. The zero-order chi connectivity index (χ0) is 23.7. The highest BCUT2D eigenvalue weighted by atomic mass is 19.2. The topological polar surface area (TPSA) is 35.0 Å². The number of hydrogen-bond acceptors (Lipinski definition) is 3. The molecular formula is C28H42F2N2O. The smallest absolute Gasteiger partial charge is 0.165 e. The minimum Gasteiger partial charge on any atom is -0.487 e.